The van der Waals surface area contributed by atoms with Crippen LogP contribution in [0.15, 0.2) is 9.72 Å². The molecule has 18 heavy (non-hydrogen) atoms. The van der Waals surface area contributed by atoms with Crippen molar-refractivity contribution in [3.63, 3.8) is 0 Å². The van der Waals surface area contributed by atoms with Gasteiger partial charge in [-0.2, -0.15) is 4.31 Å². The summed E-state index contributed by atoms with van der Waals surface area (Å²) in [6, 6.07) is 0.0626. The van der Waals surface area contributed by atoms with Crippen LogP contribution < -0.4 is 0 Å². The van der Waals surface area contributed by atoms with Gasteiger partial charge in [0.15, 0.2) is 9.90 Å². The first-order valence-electron chi connectivity index (χ1n) is 5.56. The number of esters is 1. The molecule has 0 aliphatic heterocycles. The number of aromatic nitrogens is 1. The number of methoxy groups -OCH3 is 1. The second-order valence-electron chi connectivity index (χ2n) is 3.92. The van der Waals surface area contributed by atoms with Crippen LogP contribution in [-0.4, -0.2) is 43.4 Å². The number of hydrogen-bond donors (Lipinski definition) is 0. The van der Waals surface area contributed by atoms with Crippen molar-refractivity contribution in [3.05, 3.63) is 11.2 Å². The van der Waals surface area contributed by atoms with Crippen LogP contribution in [0.2, 0.25) is 0 Å². The number of ether oxygens (including phenoxy) is 1. The standard InChI is InChI=1S/C10H14N2O4S2/c1-3-12(7-4-5-7)18(14,15)10-8(9(13)16-2)11-6-17-10/h6-7H,3-5H2,1-2H3. The van der Waals surface area contributed by atoms with Crippen LogP contribution in [0.1, 0.15) is 30.3 Å². The van der Waals surface area contributed by atoms with E-state index in [1.165, 1.54) is 16.9 Å². The van der Waals surface area contributed by atoms with Crippen LogP contribution in [0.25, 0.3) is 0 Å². The van der Waals surface area contributed by atoms with Gasteiger partial charge in [-0.1, -0.05) is 6.92 Å². The zero-order chi connectivity index (χ0) is 13.3. The average molecular weight is 290 g/mol. The summed E-state index contributed by atoms with van der Waals surface area (Å²) in [4.78, 5) is 15.3. The highest BCUT2D eigenvalue weighted by atomic mass is 32.2. The summed E-state index contributed by atoms with van der Waals surface area (Å²) in [5, 5.41) is 0. The van der Waals surface area contributed by atoms with Crippen molar-refractivity contribution in [1.82, 2.24) is 9.29 Å². The smallest absolute Gasteiger partial charge is 0.358 e. The zero-order valence-electron chi connectivity index (χ0n) is 10.1. The summed E-state index contributed by atoms with van der Waals surface area (Å²) >= 11 is 0.947. The number of nitrogens with zero attached hydrogens (tertiary/aromatic N) is 2. The van der Waals surface area contributed by atoms with Crippen molar-refractivity contribution in [2.24, 2.45) is 0 Å². The minimum Gasteiger partial charge on any atom is -0.464 e. The number of carbonyl (C=O) groups is 1. The van der Waals surface area contributed by atoms with E-state index in [1.54, 1.807) is 6.92 Å². The van der Waals surface area contributed by atoms with Crippen LogP contribution in [0, 0.1) is 0 Å². The minimum atomic E-state index is -3.64. The fraction of sp³-hybridized carbons (Fsp3) is 0.600. The summed E-state index contributed by atoms with van der Waals surface area (Å²) < 4.78 is 30.8. The van der Waals surface area contributed by atoms with E-state index in [-0.39, 0.29) is 15.9 Å². The van der Waals surface area contributed by atoms with E-state index in [0.717, 1.165) is 24.2 Å². The Morgan fingerprint density at radius 3 is 2.78 bits per heavy atom. The molecule has 1 heterocycles. The van der Waals surface area contributed by atoms with Crippen molar-refractivity contribution < 1.29 is 17.9 Å². The lowest BCUT2D eigenvalue weighted by Crippen LogP contribution is -2.33. The second kappa shape index (κ2) is 4.94. The first-order chi connectivity index (χ1) is 8.52. The van der Waals surface area contributed by atoms with E-state index in [2.05, 4.69) is 9.72 Å². The molecule has 8 heteroatoms. The maximum atomic E-state index is 12.4. The maximum absolute atomic E-state index is 12.4. The van der Waals surface area contributed by atoms with Gasteiger partial charge in [-0.15, -0.1) is 11.3 Å². The third kappa shape index (κ3) is 2.27. The number of rotatable bonds is 5. The van der Waals surface area contributed by atoms with Gasteiger partial charge >= 0.3 is 5.97 Å². The molecule has 0 amide bonds. The molecule has 1 saturated carbocycles. The topological polar surface area (TPSA) is 76.6 Å². The van der Waals surface area contributed by atoms with Crippen LogP contribution in [-0.2, 0) is 14.8 Å². The molecule has 100 valence electrons. The third-order valence-electron chi connectivity index (χ3n) is 2.72. The predicted molar refractivity (Wildman–Crippen MR) is 66.0 cm³/mol. The van der Waals surface area contributed by atoms with Gasteiger partial charge in [0, 0.05) is 12.6 Å². The predicted octanol–water partition coefficient (Wildman–Crippen LogP) is 1.10. The lowest BCUT2D eigenvalue weighted by molar-refractivity contribution is 0.0590. The minimum absolute atomic E-state index is 0.0249. The first-order valence-corrected chi connectivity index (χ1v) is 7.88. The van der Waals surface area contributed by atoms with Crippen LogP contribution in [0.3, 0.4) is 0 Å². The molecule has 1 aliphatic carbocycles. The summed E-state index contributed by atoms with van der Waals surface area (Å²) in [6.45, 7) is 2.18. The number of sulfonamides is 1. The summed E-state index contributed by atoms with van der Waals surface area (Å²) in [7, 11) is -2.44. The molecule has 0 unspecified atom stereocenters. The van der Waals surface area contributed by atoms with Gasteiger partial charge in [-0.25, -0.2) is 18.2 Å². The Bertz CT molecular complexity index is 548. The van der Waals surface area contributed by atoms with Crippen LogP contribution >= 0.6 is 11.3 Å². The first kappa shape index (κ1) is 13.4. The van der Waals surface area contributed by atoms with Crippen molar-refractivity contribution >= 4 is 27.3 Å². The monoisotopic (exact) mass is 290 g/mol. The summed E-state index contributed by atoms with van der Waals surface area (Å²) in [6.07, 6.45) is 1.75. The Morgan fingerprint density at radius 2 is 2.28 bits per heavy atom. The van der Waals surface area contributed by atoms with Gasteiger partial charge < -0.3 is 4.74 Å². The van der Waals surface area contributed by atoms with Crippen molar-refractivity contribution in [2.45, 2.75) is 30.0 Å². The molecule has 2 rings (SSSR count). The summed E-state index contributed by atoms with van der Waals surface area (Å²) in [5.41, 5.74) is 1.22. The van der Waals surface area contributed by atoms with Crippen molar-refractivity contribution in [2.75, 3.05) is 13.7 Å². The Labute approximate surface area is 110 Å². The molecule has 0 spiro atoms. The lowest BCUT2D eigenvalue weighted by Gasteiger charge is -2.18. The lowest BCUT2D eigenvalue weighted by atomic mass is 10.5. The third-order valence-corrected chi connectivity index (χ3v) is 6.10. The summed E-state index contributed by atoms with van der Waals surface area (Å²) in [5.74, 6) is -0.721. The van der Waals surface area contributed by atoms with Crippen molar-refractivity contribution in [1.29, 1.82) is 0 Å². The Balaban J connectivity index is 2.41. The molecule has 0 bridgehead atoms. The van der Waals surface area contributed by atoms with Gasteiger partial charge in [0.1, 0.15) is 0 Å². The van der Waals surface area contributed by atoms with Gasteiger partial charge in [0.2, 0.25) is 0 Å². The zero-order valence-corrected chi connectivity index (χ0v) is 11.8. The van der Waals surface area contributed by atoms with E-state index >= 15 is 0 Å². The van der Waals surface area contributed by atoms with E-state index in [1.807, 2.05) is 0 Å². The molecule has 0 N–H and O–H groups in total. The molecular weight excluding hydrogens is 276 g/mol. The molecule has 0 radical (unpaired) electrons. The highest BCUT2D eigenvalue weighted by Gasteiger charge is 2.39. The number of carbonyl (C=O) groups excluding carboxylic acids is 1. The van der Waals surface area contributed by atoms with E-state index in [0.29, 0.717) is 6.54 Å². The molecular formula is C10H14N2O4S2. The molecule has 1 aliphatic rings. The molecule has 1 aromatic heterocycles. The molecule has 0 saturated heterocycles. The van der Waals surface area contributed by atoms with Gasteiger partial charge in [-0.05, 0) is 12.8 Å². The SMILES string of the molecule is CCN(C1CC1)S(=O)(=O)c1scnc1C(=O)OC. The maximum Gasteiger partial charge on any atom is 0.358 e. The fourth-order valence-electron chi connectivity index (χ4n) is 1.74. The van der Waals surface area contributed by atoms with Crippen molar-refractivity contribution in [3.8, 4) is 0 Å². The largest absolute Gasteiger partial charge is 0.464 e. The molecule has 0 aromatic carbocycles. The van der Waals surface area contributed by atoms with Gasteiger partial charge in [-0.3, -0.25) is 0 Å². The second-order valence-corrected chi connectivity index (χ2v) is 6.86. The molecule has 1 fully saturated rings. The quantitative estimate of drug-likeness (QED) is 0.759. The van der Waals surface area contributed by atoms with Crippen LogP contribution in [0.5, 0.6) is 0 Å². The Hall–Kier alpha value is -0.990. The average Bonchev–Trinajstić information content (AvgIpc) is 3.03. The number of thiazole rings is 1. The molecule has 6 nitrogen and oxygen atoms in total. The highest BCUT2D eigenvalue weighted by molar-refractivity contribution is 7.91. The normalized spacial score (nSPS) is 15.9. The van der Waals surface area contributed by atoms with Gasteiger partial charge in [0.05, 0.1) is 12.6 Å². The molecule has 0 atom stereocenters. The van der Waals surface area contributed by atoms with E-state index in [4.69, 9.17) is 0 Å². The number of hydrogen-bond acceptors (Lipinski definition) is 6. The van der Waals surface area contributed by atoms with E-state index < -0.39 is 16.0 Å². The highest BCUT2D eigenvalue weighted by Crippen LogP contribution is 2.34. The Kier molecular flexibility index (Phi) is 3.69. The van der Waals surface area contributed by atoms with E-state index in [9.17, 15) is 13.2 Å². The van der Waals surface area contributed by atoms with Gasteiger partial charge in [0.25, 0.3) is 10.0 Å². The fourth-order valence-corrected chi connectivity index (χ4v) is 4.69. The Morgan fingerprint density at radius 1 is 1.61 bits per heavy atom. The molecule has 1 aromatic rings. The van der Waals surface area contributed by atoms with Crippen LogP contribution in [0.4, 0.5) is 0 Å².